The van der Waals surface area contributed by atoms with Crippen molar-refractivity contribution in [3.8, 4) is 0 Å². The molecule has 0 saturated carbocycles. The van der Waals surface area contributed by atoms with E-state index in [-0.39, 0.29) is 16.9 Å². The molecule has 36 heavy (non-hydrogen) atoms. The Labute approximate surface area is 217 Å². The van der Waals surface area contributed by atoms with Crippen molar-refractivity contribution in [2.45, 2.75) is 13.8 Å². The highest BCUT2D eigenvalue weighted by molar-refractivity contribution is 7.80. The number of benzene rings is 3. The predicted octanol–water partition coefficient (Wildman–Crippen LogP) is 4.79. The summed E-state index contributed by atoms with van der Waals surface area (Å²) < 4.78 is 0. The van der Waals surface area contributed by atoms with Crippen LogP contribution in [-0.2, 0) is 4.79 Å². The second-order valence-electron chi connectivity index (χ2n) is 8.81. The van der Waals surface area contributed by atoms with Gasteiger partial charge >= 0.3 is 0 Å². The molecule has 1 saturated heterocycles. The standard InChI is InChI=1S/C29H30N4O2S/c1-21-8-10-24(20-22(21)2)28(35)31-29(36)30-25-11-13-26(14-12-25)32-16-18-33(19-17-32)27(34)15-9-23-6-4-3-5-7-23/h3-15,20H,16-19H2,1-2H3,(H2,30,31,35,36)/b15-9+. The second kappa shape index (κ2) is 11.6. The van der Waals surface area contributed by atoms with Gasteiger partial charge in [0.2, 0.25) is 5.91 Å². The largest absolute Gasteiger partial charge is 0.368 e. The molecule has 0 aliphatic carbocycles. The number of amides is 2. The summed E-state index contributed by atoms with van der Waals surface area (Å²) in [6.07, 6.45) is 3.50. The number of piperazine rings is 1. The van der Waals surface area contributed by atoms with Crippen molar-refractivity contribution in [2.24, 2.45) is 0 Å². The maximum atomic E-state index is 12.5. The Hall–Kier alpha value is -3.97. The van der Waals surface area contributed by atoms with E-state index in [1.54, 1.807) is 12.1 Å². The van der Waals surface area contributed by atoms with E-state index in [2.05, 4.69) is 15.5 Å². The highest BCUT2D eigenvalue weighted by Gasteiger charge is 2.20. The Balaban J connectivity index is 1.25. The lowest BCUT2D eigenvalue weighted by atomic mass is 10.1. The van der Waals surface area contributed by atoms with E-state index in [1.165, 1.54) is 0 Å². The monoisotopic (exact) mass is 498 g/mol. The fourth-order valence-electron chi connectivity index (χ4n) is 4.00. The zero-order valence-corrected chi connectivity index (χ0v) is 21.3. The SMILES string of the molecule is Cc1ccc(C(=O)NC(=S)Nc2ccc(N3CCN(C(=O)/C=C/c4ccccc4)CC3)cc2)cc1C. The Morgan fingerprint density at radius 2 is 1.56 bits per heavy atom. The highest BCUT2D eigenvalue weighted by Crippen LogP contribution is 2.20. The molecule has 2 amide bonds. The first-order valence-corrected chi connectivity index (χ1v) is 12.4. The van der Waals surface area contributed by atoms with Crippen molar-refractivity contribution in [1.82, 2.24) is 10.2 Å². The van der Waals surface area contributed by atoms with Crippen LogP contribution >= 0.6 is 12.2 Å². The summed E-state index contributed by atoms with van der Waals surface area (Å²) in [5.74, 6) is -0.201. The smallest absolute Gasteiger partial charge is 0.257 e. The minimum atomic E-state index is -0.238. The van der Waals surface area contributed by atoms with Crippen LogP contribution in [0.4, 0.5) is 11.4 Å². The maximum Gasteiger partial charge on any atom is 0.257 e. The number of thiocarbonyl (C=S) groups is 1. The number of anilines is 2. The molecule has 7 heteroatoms. The molecule has 1 aliphatic heterocycles. The summed E-state index contributed by atoms with van der Waals surface area (Å²) >= 11 is 5.32. The van der Waals surface area contributed by atoms with E-state index < -0.39 is 0 Å². The first-order valence-electron chi connectivity index (χ1n) is 12.0. The number of rotatable bonds is 5. The number of nitrogens with one attached hydrogen (secondary N) is 2. The van der Waals surface area contributed by atoms with E-state index in [9.17, 15) is 9.59 Å². The van der Waals surface area contributed by atoms with Crippen molar-refractivity contribution in [3.63, 3.8) is 0 Å². The summed E-state index contributed by atoms with van der Waals surface area (Å²) in [7, 11) is 0. The van der Waals surface area contributed by atoms with Gasteiger partial charge in [0.05, 0.1) is 0 Å². The summed E-state index contributed by atoms with van der Waals surface area (Å²) in [6.45, 7) is 6.87. The van der Waals surface area contributed by atoms with Gasteiger partial charge in [0.25, 0.3) is 5.91 Å². The molecule has 1 heterocycles. The topological polar surface area (TPSA) is 64.7 Å². The third kappa shape index (κ3) is 6.58. The molecule has 0 aromatic heterocycles. The van der Waals surface area contributed by atoms with Gasteiger partial charge in [0.1, 0.15) is 0 Å². The van der Waals surface area contributed by atoms with Crippen molar-refractivity contribution < 1.29 is 9.59 Å². The fourth-order valence-corrected chi connectivity index (χ4v) is 4.21. The lowest BCUT2D eigenvalue weighted by molar-refractivity contribution is -0.126. The molecule has 0 unspecified atom stereocenters. The number of nitrogens with zero attached hydrogens (tertiary/aromatic N) is 2. The third-order valence-corrected chi connectivity index (χ3v) is 6.50. The van der Waals surface area contributed by atoms with Crippen molar-refractivity contribution in [2.75, 3.05) is 36.4 Å². The first-order chi connectivity index (χ1) is 17.4. The van der Waals surface area contributed by atoms with Crippen molar-refractivity contribution >= 4 is 46.6 Å². The fraction of sp³-hybridized carbons (Fsp3) is 0.207. The molecule has 3 aromatic carbocycles. The average Bonchev–Trinajstić information content (AvgIpc) is 2.90. The molecule has 2 N–H and O–H groups in total. The summed E-state index contributed by atoms with van der Waals surface area (Å²) in [4.78, 5) is 29.1. The Kier molecular flexibility index (Phi) is 8.13. The van der Waals surface area contributed by atoms with Crippen LogP contribution in [0.5, 0.6) is 0 Å². The van der Waals surface area contributed by atoms with Crippen LogP contribution in [0.1, 0.15) is 27.0 Å². The van der Waals surface area contributed by atoms with Crippen LogP contribution in [0.2, 0.25) is 0 Å². The average molecular weight is 499 g/mol. The van der Waals surface area contributed by atoms with Crippen molar-refractivity contribution in [3.05, 3.63) is 101 Å². The molecule has 0 radical (unpaired) electrons. The molecule has 0 spiro atoms. The summed E-state index contributed by atoms with van der Waals surface area (Å²) in [6, 6.07) is 23.3. The summed E-state index contributed by atoms with van der Waals surface area (Å²) in [5, 5.41) is 6.05. The van der Waals surface area contributed by atoms with Crippen LogP contribution in [0.3, 0.4) is 0 Å². The third-order valence-electron chi connectivity index (χ3n) is 6.30. The molecule has 1 aliphatic rings. The predicted molar refractivity (Wildman–Crippen MR) is 150 cm³/mol. The number of aryl methyl sites for hydroxylation is 2. The minimum absolute atomic E-state index is 0.0365. The molecule has 1 fully saturated rings. The molecule has 0 atom stereocenters. The summed E-state index contributed by atoms with van der Waals surface area (Å²) in [5.41, 5.74) is 5.67. The van der Waals surface area contributed by atoms with E-state index in [1.807, 2.05) is 91.6 Å². The first kappa shape index (κ1) is 25.1. The zero-order valence-electron chi connectivity index (χ0n) is 20.5. The quantitative estimate of drug-likeness (QED) is 0.391. The zero-order chi connectivity index (χ0) is 25.5. The van der Waals surface area contributed by atoms with Crippen LogP contribution in [0.15, 0.2) is 78.9 Å². The van der Waals surface area contributed by atoms with Crippen LogP contribution in [0.25, 0.3) is 6.08 Å². The van der Waals surface area contributed by atoms with Gasteiger partial charge in [-0.2, -0.15) is 0 Å². The number of carbonyl (C=O) groups excluding carboxylic acids is 2. The van der Waals surface area contributed by atoms with Gasteiger partial charge in [-0.15, -0.1) is 0 Å². The van der Waals surface area contributed by atoms with Gasteiger partial charge < -0.3 is 15.1 Å². The maximum absolute atomic E-state index is 12.5. The van der Waals surface area contributed by atoms with Gasteiger partial charge in [-0.05, 0) is 85.2 Å². The lowest BCUT2D eigenvalue weighted by Crippen LogP contribution is -2.48. The van der Waals surface area contributed by atoms with E-state index in [4.69, 9.17) is 12.2 Å². The van der Waals surface area contributed by atoms with E-state index >= 15 is 0 Å². The molecular weight excluding hydrogens is 468 g/mol. The molecular formula is C29H30N4O2S. The lowest BCUT2D eigenvalue weighted by Gasteiger charge is -2.35. The molecule has 3 aromatic rings. The van der Waals surface area contributed by atoms with E-state index in [0.29, 0.717) is 18.7 Å². The van der Waals surface area contributed by atoms with Gasteiger partial charge in [-0.25, -0.2) is 0 Å². The van der Waals surface area contributed by atoms with Gasteiger partial charge in [0, 0.05) is 49.2 Å². The van der Waals surface area contributed by atoms with Gasteiger partial charge in [0.15, 0.2) is 5.11 Å². The Bertz CT molecular complexity index is 1260. The molecule has 184 valence electrons. The van der Waals surface area contributed by atoms with Crippen LogP contribution in [-0.4, -0.2) is 48.0 Å². The normalized spacial score (nSPS) is 13.5. The van der Waals surface area contributed by atoms with Crippen molar-refractivity contribution in [1.29, 1.82) is 0 Å². The van der Waals surface area contributed by atoms with Gasteiger partial charge in [-0.3, -0.25) is 14.9 Å². The van der Waals surface area contributed by atoms with E-state index in [0.717, 1.165) is 41.2 Å². The van der Waals surface area contributed by atoms with Crippen LogP contribution in [0, 0.1) is 13.8 Å². The number of carbonyl (C=O) groups is 2. The number of hydrogen-bond acceptors (Lipinski definition) is 4. The Morgan fingerprint density at radius 1 is 0.861 bits per heavy atom. The molecule has 4 rings (SSSR count). The molecule has 6 nitrogen and oxygen atoms in total. The highest BCUT2D eigenvalue weighted by atomic mass is 32.1. The van der Waals surface area contributed by atoms with Gasteiger partial charge in [-0.1, -0.05) is 36.4 Å². The second-order valence-corrected chi connectivity index (χ2v) is 9.22. The number of hydrogen-bond donors (Lipinski definition) is 2. The van der Waals surface area contributed by atoms with Crippen LogP contribution < -0.4 is 15.5 Å². The molecule has 0 bridgehead atoms. The minimum Gasteiger partial charge on any atom is -0.368 e. The Morgan fingerprint density at radius 3 is 2.22 bits per heavy atom.